The van der Waals surface area contributed by atoms with Crippen LogP contribution in [-0.4, -0.2) is 28.7 Å². The molecule has 1 heterocycles. The number of hydrogen-bond acceptors (Lipinski definition) is 6. The van der Waals surface area contributed by atoms with E-state index in [-0.39, 0.29) is 33.8 Å². The number of esters is 1. The van der Waals surface area contributed by atoms with Gasteiger partial charge in [0.15, 0.2) is 5.69 Å². The summed E-state index contributed by atoms with van der Waals surface area (Å²) in [4.78, 5) is 23.6. The minimum atomic E-state index is -1.29. The number of anilines is 1. The third-order valence-corrected chi connectivity index (χ3v) is 3.44. The summed E-state index contributed by atoms with van der Waals surface area (Å²) in [5.74, 6) is -2.10. The van der Waals surface area contributed by atoms with Crippen LogP contribution < -0.4 is 5.73 Å². The van der Waals surface area contributed by atoms with Crippen LogP contribution in [0.1, 0.15) is 37.5 Å². The number of aryl methyl sites for hydroxylation is 1. The van der Waals surface area contributed by atoms with Crippen molar-refractivity contribution in [1.29, 1.82) is 10.5 Å². The second kappa shape index (κ2) is 6.15. The molecule has 2 aromatic rings. The van der Waals surface area contributed by atoms with Gasteiger partial charge in [0.25, 0.3) is 0 Å². The predicted octanol–water partition coefficient (Wildman–Crippen LogP) is 1.60. The van der Waals surface area contributed by atoms with Crippen LogP contribution in [-0.2, 0) is 4.74 Å². The fraction of sp³-hybridized carbons (Fsp3) is 0.125. The van der Waals surface area contributed by atoms with Gasteiger partial charge in [-0.15, -0.1) is 0 Å². The van der Waals surface area contributed by atoms with Gasteiger partial charge in [-0.3, -0.25) is 0 Å². The number of ether oxygens (including phenoxy) is 1. The van der Waals surface area contributed by atoms with Gasteiger partial charge in [-0.05, 0) is 24.6 Å². The molecule has 1 aromatic heterocycles. The summed E-state index contributed by atoms with van der Waals surface area (Å²) in [7, 11) is 1.15. The molecule has 0 spiro atoms. The molecule has 0 saturated heterocycles. The lowest BCUT2D eigenvalue weighted by Crippen LogP contribution is -2.15. The molecule has 0 aliphatic carbocycles. The molecular formula is C16H12N4O4. The summed E-state index contributed by atoms with van der Waals surface area (Å²) in [5, 5.41) is 27.6. The van der Waals surface area contributed by atoms with Gasteiger partial charge in [0, 0.05) is 6.20 Å². The number of carboxylic acid groups (broad SMARTS) is 1. The van der Waals surface area contributed by atoms with Gasteiger partial charge in [0.05, 0.1) is 41.2 Å². The monoisotopic (exact) mass is 324 g/mol. The number of carbonyl (C=O) groups excluding carboxylic acids is 1. The van der Waals surface area contributed by atoms with E-state index in [0.717, 1.165) is 7.11 Å². The summed E-state index contributed by atoms with van der Waals surface area (Å²) in [5.41, 5.74) is 6.10. The number of aromatic nitrogens is 1. The maximum Gasteiger partial charge on any atom is 0.357 e. The number of methoxy groups -OCH3 is 1. The Bertz CT molecular complexity index is 944. The summed E-state index contributed by atoms with van der Waals surface area (Å²) >= 11 is 0. The third kappa shape index (κ3) is 2.53. The molecule has 0 saturated carbocycles. The van der Waals surface area contributed by atoms with Crippen LogP contribution in [0.2, 0.25) is 0 Å². The Balaban J connectivity index is 2.93. The van der Waals surface area contributed by atoms with Crippen LogP contribution in [0.3, 0.4) is 0 Å². The maximum atomic E-state index is 12.0. The highest BCUT2D eigenvalue weighted by molar-refractivity contribution is 5.98. The Labute approximate surface area is 136 Å². The molecule has 8 heteroatoms. The lowest BCUT2D eigenvalue weighted by molar-refractivity contribution is 0.0591. The Morgan fingerprint density at radius 3 is 2.46 bits per heavy atom. The van der Waals surface area contributed by atoms with Crippen molar-refractivity contribution in [2.24, 2.45) is 0 Å². The molecular weight excluding hydrogens is 312 g/mol. The topological polar surface area (TPSA) is 142 Å². The van der Waals surface area contributed by atoms with Crippen molar-refractivity contribution in [1.82, 2.24) is 4.57 Å². The van der Waals surface area contributed by atoms with E-state index in [2.05, 4.69) is 4.74 Å². The molecule has 0 atom stereocenters. The molecule has 0 bridgehead atoms. The van der Waals surface area contributed by atoms with Gasteiger partial charge in [-0.25, -0.2) is 9.59 Å². The number of benzene rings is 1. The number of nitrogen functional groups attached to an aromatic ring is 1. The summed E-state index contributed by atoms with van der Waals surface area (Å²) < 4.78 is 5.88. The highest BCUT2D eigenvalue weighted by Gasteiger charge is 2.25. The highest BCUT2D eigenvalue weighted by Crippen LogP contribution is 2.29. The zero-order chi connectivity index (χ0) is 18.0. The van der Waals surface area contributed by atoms with Gasteiger partial charge >= 0.3 is 11.9 Å². The average Bonchev–Trinajstić information content (AvgIpc) is 2.89. The van der Waals surface area contributed by atoms with Crippen molar-refractivity contribution < 1.29 is 19.4 Å². The van der Waals surface area contributed by atoms with Crippen LogP contribution in [0.5, 0.6) is 0 Å². The molecule has 24 heavy (non-hydrogen) atoms. The molecule has 0 unspecified atom stereocenters. The smallest absolute Gasteiger partial charge is 0.357 e. The second-order valence-electron chi connectivity index (χ2n) is 4.88. The molecule has 120 valence electrons. The van der Waals surface area contributed by atoms with Gasteiger partial charge in [-0.1, -0.05) is 0 Å². The Morgan fingerprint density at radius 2 is 1.96 bits per heavy atom. The molecule has 0 fully saturated rings. The van der Waals surface area contributed by atoms with E-state index in [1.165, 1.54) is 22.9 Å². The van der Waals surface area contributed by atoms with Crippen LogP contribution >= 0.6 is 0 Å². The first-order chi connectivity index (χ1) is 11.3. The number of nitriles is 2. The van der Waals surface area contributed by atoms with E-state index in [9.17, 15) is 14.7 Å². The van der Waals surface area contributed by atoms with Crippen molar-refractivity contribution >= 4 is 17.6 Å². The van der Waals surface area contributed by atoms with Gasteiger partial charge in [-0.2, -0.15) is 10.5 Å². The van der Waals surface area contributed by atoms with Gasteiger partial charge in [0.2, 0.25) is 0 Å². The Kier molecular flexibility index (Phi) is 4.25. The zero-order valence-corrected chi connectivity index (χ0v) is 12.8. The molecule has 8 nitrogen and oxygen atoms in total. The average molecular weight is 324 g/mol. The minimum Gasteiger partial charge on any atom is -0.478 e. The van der Waals surface area contributed by atoms with E-state index >= 15 is 0 Å². The second-order valence-corrected chi connectivity index (χ2v) is 4.88. The van der Waals surface area contributed by atoms with Crippen molar-refractivity contribution in [3.05, 3.63) is 46.3 Å². The number of nitrogens with zero attached hydrogens (tertiary/aromatic N) is 3. The van der Waals surface area contributed by atoms with E-state index in [4.69, 9.17) is 16.3 Å². The quantitative estimate of drug-likeness (QED) is 0.816. The normalized spacial score (nSPS) is 9.83. The number of aromatic carboxylic acids is 1. The number of hydrogen-bond donors (Lipinski definition) is 2. The SMILES string of the molecule is COC(=O)c1c(N)c(C#N)cn1-c1c(C)cc(C#N)cc1C(=O)O. The fourth-order valence-electron chi connectivity index (χ4n) is 2.42. The van der Waals surface area contributed by atoms with Crippen molar-refractivity contribution in [2.45, 2.75) is 6.92 Å². The van der Waals surface area contributed by atoms with E-state index in [1.807, 2.05) is 12.1 Å². The molecule has 2 rings (SSSR count). The number of carboxylic acids is 1. The first kappa shape index (κ1) is 16.6. The molecule has 1 aromatic carbocycles. The number of rotatable bonds is 3. The summed E-state index contributed by atoms with van der Waals surface area (Å²) in [6.07, 6.45) is 1.27. The highest BCUT2D eigenvalue weighted by atomic mass is 16.5. The lowest BCUT2D eigenvalue weighted by Gasteiger charge is -2.14. The van der Waals surface area contributed by atoms with Crippen LogP contribution in [0, 0.1) is 29.6 Å². The molecule has 0 aliphatic rings. The molecule has 3 N–H and O–H groups in total. The molecule has 0 amide bonds. The van der Waals surface area contributed by atoms with E-state index < -0.39 is 11.9 Å². The zero-order valence-electron chi connectivity index (χ0n) is 12.8. The predicted molar refractivity (Wildman–Crippen MR) is 82.6 cm³/mol. The van der Waals surface area contributed by atoms with Crippen molar-refractivity contribution in [3.8, 4) is 17.8 Å². The molecule has 0 radical (unpaired) electrons. The van der Waals surface area contributed by atoms with Crippen LogP contribution in [0.15, 0.2) is 18.3 Å². The summed E-state index contributed by atoms with van der Waals surface area (Å²) in [6, 6.07) is 6.38. The molecule has 0 aliphatic heterocycles. The Morgan fingerprint density at radius 1 is 1.29 bits per heavy atom. The van der Waals surface area contributed by atoms with E-state index in [1.54, 1.807) is 6.92 Å². The Hall–Kier alpha value is -3.78. The summed E-state index contributed by atoms with van der Waals surface area (Å²) in [6.45, 7) is 1.59. The van der Waals surface area contributed by atoms with Gasteiger partial charge in [0.1, 0.15) is 6.07 Å². The standard InChI is InChI=1S/C16H12N4O4/c1-8-3-9(5-17)4-11(15(21)22)13(8)20-7-10(6-18)12(19)14(20)16(23)24-2/h3-4,7H,19H2,1-2H3,(H,21,22). The fourth-order valence-corrected chi connectivity index (χ4v) is 2.42. The van der Waals surface area contributed by atoms with Crippen LogP contribution in [0.4, 0.5) is 5.69 Å². The van der Waals surface area contributed by atoms with Crippen LogP contribution in [0.25, 0.3) is 5.69 Å². The number of carbonyl (C=O) groups is 2. The van der Waals surface area contributed by atoms with E-state index in [0.29, 0.717) is 5.56 Å². The maximum absolute atomic E-state index is 12.0. The largest absolute Gasteiger partial charge is 0.478 e. The first-order valence-electron chi connectivity index (χ1n) is 6.63. The lowest BCUT2D eigenvalue weighted by atomic mass is 10.0. The number of nitrogens with two attached hydrogens (primary N) is 1. The third-order valence-electron chi connectivity index (χ3n) is 3.44. The van der Waals surface area contributed by atoms with Gasteiger partial charge < -0.3 is 20.1 Å². The van der Waals surface area contributed by atoms with Crippen molar-refractivity contribution in [2.75, 3.05) is 12.8 Å². The first-order valence-corrected chi connectivity index (χ1v) is 6.63. The van der Waals surface area contributed by atoms with Crippen molar-refractivity contribution in [3.63, 3.8) is 0 Å². The minimum absolute atomic E-state index is 0.00972.